The van der Waals surface area contributed by atoms with Gasteiger partial charge in [-0.2, -0.15) is 4.98 Å². The number of β-amino-alcohol motifs (C(OH)–C–C–N with tert-alkyl or cyclic N) is 1. The summed E-state index contributed by atoms with van der Waals surface area (Å²) >= 11 is 8.11. The molecular weight excluding hydrogens is 1010 g/mol. The number of para-hydroxylation sites is 1. The minimum absolute atomic E-state index is 0.0107. The van der Waals surface area contributed by atoms with Gasteiger partial charge in [0.25, 0.3) is 0 Å². The maximum Gasteiger partial charge on any atom is 0.246 e. The quantitative estimate of drug-likeness (QED) is 0.0435. The van der Waals surface area contributed by atoms with Crippen molar-refractivity contribution >= 4 is 73.6 Å². The second kappa shape index (κ2) is 25.0. The van der Waals surface area contributed by atoms with Crippen LogP contribution in [0.3, 0.4) is 0 Å². The van der Waals surface area contributed by atoms with E-state index in [-0.39, 0.29) is 59.8 Å². The molecule has 7 rings (SSSR count). The van der Waals surface area contributed by atoms with Crippen molar-refractivity contribution in [2.45, 2.75) is 135 Å². The minimum Gasteiger partial charge on any atom is -0.489 e. The Morgan fingerprint density at radius 1 is 0.960 bits per heavy atom. The van der Waals surface area contributed by atoms with Gasteiger partial charge in [0, 0.05) is 32.7 Å². The Morgan fingerprint density at radius 3 is 2.35 bits per heavy atom. The molecule has 0 bridgehead atoms. The molecule has 75 heavy (non-hydrogen) atoms. The number of ether oxygens (including phenoxy) is 2. The zero-order valence-electron chi connectivity index (χ0n) is 44.4. The highest BCUT2D eigenvalue weighted by Crippen LogP contribution is 2.39. The molecule has 0 aliphatic carbocycles. The van der Waals surface area contributed by atoms with Gasteiger partial charge in [0.1, 0.15) is 29.5 Å². The molecule has 2 fully saturated rings. The molecule has 5 aromatic rings. The number of nitrogens with zero attached hydrogens (tertiary/aromatic N) is 5. The maximum absolute atomic E-state index is 14.1. The number of rotatable bonds is 21. The van der Waals surface area contributed by atoms with Crippen molar-refractivity contribution in [3.63, 3.8) is 0 Å². The molecule has 2 aromatic heterocycles. The SMILES string of the molecule is Cc1cc(Nc2ncc(Cl)c(Nc3ccccc3S(=O)(=O)C(C)C)n2)c(OC(C)C)cc1C1CCN(CCCOCC(=O)N[C@H](C(=O)N2C[C@H](O)C[C@H]2C(=O)NCc2ccc(-c3scnc3C)cc2)C(C)(C)C)CC1. The van der Waals surface area contributed by atoms with Crippen molar-refractivity contribution in [2.24, 2.45) is 5.41 Å². The first-order valence-electron chi connectivity index (χ1n) is 25.6. The Bertz CT molecular complexity index is 2900. The van der Waals surface area contributed by atoms with E-state index in [1.54, 1.807) is 49.4 Å². The first-order valence-corrected chi connectivity index (χ1v) is 28.4. The number of likely N-dealkylation sites (tertiary alicyclic amines) is 2. The normalized spacial score (nSPS) is 17.1. The molecule has 5 N–H and O–H groups in total. The number of thiazole rings is 1. The molecule has 0 saturated carbocycles. The summed E-state index contributed by atoms with van der Waals surface area (Å²) in [6.45, 7) is 19.8. The number of amides is 3. The Hall–Kier alpha value is -5.70. The summed E-state index contributed by atoms with van der Waals surface area (Å²) in [7, 11) is -3.59. The van der Waals surface area contributed by atoms with Crippen LogP contribution in [-0.4, -0.2) is 125 Å². The fraction of sp³-hybridized carbons (Fsp3) is 0.491. The van der Waals surface area contributed by atoms with Gasteiger partial charge in [-0.05, 0) is 132 Å². The number of aryl methyl sites for hydroxylation is 2. The predicted molar refractivity (Wildman–Crippen MR) is 295 cm³/mol. The standard InChI is InChI=1S/C55H72ClN9O8S2/c1-33(2)73-46-27-41(35(5)25-44(46)61-54-58-29-42(56)51(63-54)60-43-13-10-11-14-47(43)75(70,71)34(3)4)38-19-22-64(23-20-38)21-12-24-72-31-48(67)62-50(55(7,8)9)53(69)65-30-40(66)26-45(65)52(68)57-28-37-15-17-39(18-16-37)49-36(6)59-32-74-49/h10-11,13-18,25,27,29,32-34,38,40,45,50,66H,12,19-24,26,28,30-31H2,1-9H3,(H,57,68)(H,62,67)(H2,58,60,61,63)/t40-,45+,50-/m1/s1. The highest BCUT2D eigenvalue weighted by Gasteiger charge is 2.44. The lowest BCUT2D eigenvalue weighted by atomic mass is 9.85. The van der Waals surface area contributed by atoms with Gasteiger partial charge >= 0.3 is 0 Å². The Kier molecular flexibility index (Phi) is 19.0. The van der Waals surface area contributed by atoms with Gasteiger partial charge in [0.05, 0.1) is 56.0 Å². The lowest BCUT2D eigenvalue weighted by molar-refractivity contribution is -0.144. The monoisotopic (exact) mass is 1090 g/mol. The topological polar surface area (TPSA) is 217 Å². The molecule has 3 aromatic carbocycles. The summed E-state index contributed by atoms with van der Waals surface area (Å²) in [5.74, 6) is 0.248. The van der Waals surface area contributed by atoms with Crippen LogP contribution in [0.4, 0.5) is 23.1 Å². The molecule has 0 radical (unpaired) electrons. The van der Waals surface area contributed by atoms with Crippen molar-refractivity contribution in [1.82, 2.24) is 35.4 Å². The van der Waals surface area contributed by atoms with Gasteiger partial charge < -0.3 is 45.6 Å². The van der Waals surface area contributed by atoms with E-state index in [1.165, 1.54) is 16.7 Å². The van der Waals surface area contributed by atoms with Crippen molar-refractivity contribution in [2.75, 3.05) is 50.0 Å². The number of hydrogen-bond acceptors (Lipinski definition) is 15. The number of piperidine rings is 1. The van der Waals surface area contributed by atoms with Crippen LogP contribution in [0, 0.1) is 19.3 Å². The molecular formula is C55H72ClN9O8S2. The van der Waals surface area contributed by atoms with Crippen LogP contribution >= 0.6 is 22.9 Å². The minimum atomic E-state index is -3.59. The van der Waals surface area contributed by atoms with E-state index >= 15 is 0 Å². The zero-order chi connectivity index (χ0) is 54.2. The number of aliphatic hydroxyl groups is 1. The molecule has 17 nitrogen and oxygen atoms in total. The van der Waals surface area contributed by atoms with E-state index in [0.717, 1.165) is 66.2 Å². The summed E-state index contributed by atoms with van der Waals surface area (Å²) < 4.78 is 38.4. The molecule has 2 aliphatic rings. The van der Waals surface area contributed by atoms with Crippen LogP contribution in [0.5, 0.6) is 5.75 Å². The number of nitrogens with one attached hydrogen (secondary N) is 4. The second-order valence-corrected chi connectivity index (χ2v) is 24.8. The smallest absolute Gasteiger partial charge is 0.246 e. The summed E-state index contributed by atoms with van der Waals surface area (Å²) in [4.78, 5) is 59.3. The summed E-state index contributed by atoms with van der Waals surface area (Å²) in [5.41, 5.74) is 7.38. The molecule has 20 heteroatoms. The molecule has 2 aliphatic heterocycles. The van der Waals surface area contributed by atoms with Crippen LogP contribution in [0.25, 0.3) is 10.4 Å². The van der Waals surface area contributed by atoms with E-state index in [2.05, 4.69) is 54.1 Å². The van der Waals surface area contributed by atoms with Crippen molar-refractivity contribution < 1.29 is 37.4 Å². The Balaban J connectivity index is 0.874. The molecule has 0 spiro atoms. The third-order valence-corrected chi connectivity index (χ3v) is 17.0. The largest absolute Gasteiger partial charge is 0.489 e. The van der Waals surface area contributed by atoms with Crippen LogP contribution in [0.2, 0.25) is 5.02 Å². The number of carbonyl (C=O) groups excluding carboxylic acids is 3. The van der Waals surface area contributed by atoms with Crippen molar-refractivity contribution in [3.05, 3.63) is 99.8 Å². The second-order valence-electron chi connectivity index (χ2n) is 21.1. The van der Waals surface area contributed by atoms with E-state index in [0.29, 0.717) is 29.6 Å². The van der Waals surface area contributed by atoms with Crippen LogP contribution in [-0.2, 0) is 35.5 Å². The highest BCUT2D eigenvalue weighted by molar-refractivity contribution is 7.92. The first kappa shape index (κ1) is 57.0. The fourth-order valence-corrected chi connectivity index (χ4v) is 11.6. The molecule has 2 saturated heterocycles. The maximum atomic E-state index is 14.1. The average Bonchev–Trinajstić information content (AvgIpc) is 3.99. The Morgan fingerprint density at radius 2 is 1.68 bits per heavy atom. The van der Waals surface area contributed by atoms with Crippen LogP contribution in [0.1, 0.15) is 102 Å². The van der Waals surface area contributed by atoms with Gasteiger partial charge in [0.2, 0.25) is 23.7 Å². The number of hydrogen-bond donors (Lipinski definition) is 5. The van der Waals surface area contributed by atoms with E-state index in [4.69, 9.17) is 21.1 Å². The molecule has 404 valence electrons. The molecule has 0 unspecified atom stereocenters. The summed E-state index contributed by atoms with van der Waals surface area (Å²) in [6, 6.07) is 16.9. The van der Waals surface area contributed by atoms with Gasteiger partial charge in [-0.25, -0.2) is 18.4 Å². The fourth-order valence-electron chi connectivity index (χ4n) is 9.43. The van der Waals surface area contributed by atoms with E-state index in [1.807, 2.05) is 77.4 Å². The van der Waals surface area contributed by atoms with Crippen molar-refractivity contribution in [1.29, 1.82) is 0 Å². The van der Waals surface area contributed by atoms with Crippen LogP contribution < -0.4 is 26.0 Å². The lowest BCUT2D eigenvalue weighted by Crippen LogP contribution is -2.58. The third kappa shape index (κ3) is 14.6. The van der Waals surface area contributed by atoms with Gasteiger partial charge in [-0.1, -0.05) is 68.8 Å². The third-order valence-electron chi connectivity index (χ3n) is 13.5. The lowest BCUT2D eigenvalue weighted by Gasteiger charge is -2.35. The van der Waals surface area contributed by atoms with Gasteiger partial charge in [0.15, 0.2) is 15.7 Å². The van der Waals surface area contributed by atoms with Crippen molar-refractivity contribution in [3.8, 4) is 16.2 Å². The number of aliphatic hydroxyl groups excluding tert-OH is 1. The molecule has 3 atom stereocenters. The van der Waals surface area contributed by atoms with Crippen LogP contribution in [0.15, 0.2) is 77.3 Å². The first-order chi connectivity index (χ1) is 35.6. The van der Waals surface area contributed by atoms with Gasteiger partial charge in [-0.15, -0.1) is 11.3 Å². The summed E-state index contributed by atoms with van der Waals surface area (Å²) in [5, 5.41) is 22.5. The van der Waals surface area contributed by atoms with E-state index in [9.17, 15) is 27.9 Å². The molecule has 4 heterocycles. The zero-order valence-corrected chi connectivity index (χ0v) is 46.8. The highest BCUT2D eigenvalue weighted by atomic mass is 35.5. The number of sulfone groups is 1. The summed E-state index contributed by atoms with van der Waals surface area (Å²) in [6.07, 6.45) is 3.19. The van der Waals surface area contributed by atoms with E-state index < -0.39 is 50.5 Å². The number of aromatic nitrogens is 3. The predicted octanol–water partition coefficient (Wildman–Crippen LogP) is 8.72. The average molecular weight is 1090 g/mol. The number of halogens is 1. The molecule has 3 amide bonds. The number of carbonyl (C=O) groups is 3. The Labute approximate surface area is 450 Å². The number of anilines is 4. The number of benzene rings is 3. The van der Waals surface area contributed by atoms with Gasteiger partial charge in [-0.3, -0.25) is 14.4 Å².